The third-order valence-corrected chi connectivity index (χ3v) is 13.1. The highest BCUT2D eigenvalue weighted by Gasteiger charge is 2.63. The van der Waals surface area contributed by atoms with Crippen LogP contribution in [0.4, 0.5) is 17.3 Å². The van der Waals surface area contributed by atoms with Gasteiger partial charge in [0.15, 0.2) is 0 Å². The zero-order chi connectivity index (χ0) is 21.4. The Morgan fingerprint density at radius 1 is 0.577 bits per heavy atom. The lowest BCUT2D eigenvalue weighted by Gasteiger charge is -2.54. The summed E-state index contributed by atoms with van der Waals surface area (Å²) in [5.74, 6) is 0. The summed E-state index contributed by atoms with van der Waals surface area (Å²) in [5, 5.41) is 1.31. The lowest BCUT2D eigenvalue weighted by molar-refractivity contribution is 0.368. The molecule has 0 aromatic heterocycles. The first-order chi connectivity index (χ1) is 11.3. The first kappa shape index (κ1) is 28.4. The Balaban J connectivity index is 0. The van der Waals surface area contributed by atoms with E-state index in [1.165, 1.54) is 44.7 Å². The van der Waals surface area contributed by atoms with Crippen molar-refractivity contribution in [2.24, 2.45) is 0 Å². The fraction of sp³-hybridized carbons (Fsp3) is 1.00. The van der Waals surface area contributed by atoms with Gasteiger partial charge in [-0.25, -0.2) is 0 Å². The van der Waals surface area contributed by atoms with Gasteiger partial charge in [0.2, 0.25) is 0 Å². The highest BCUT2D eigenvalue weighted by atomic mass is 31.2. The van der Waals surface area contributed by atoms with E-state index in [0.29, 0.717) is 15.5 Å². The molecule has 0 aromatic carbocycles. The molecule has 0 rings (SSSR count). The first-order valence-corrected chi connectivity index (χ1v) is 12.0. The average Bonchev–Trinajstić information content (AvgIpc) is 2.30. The van der Waals surface area contributed by atoms with Crippen LogP contribution in [-0.2, 0) is 0 Å². The molecule has 0 aliphatic rings. The molecule has 26 heavy (non-hydrogen) atoms. The quantitative estimate of drug-likeness (QED) is 0.172. The topological polar surface area (TPSA) is 0 Å². The maximum Gasteiger partial charge on any atom is 0.673 e. The average molecular weight is 402 g/mol. The number of halogens is 4. The maximum atomic E-state index is 9.75. The molecule has 0 N–H and O–H groups in total. The van der Waals surface area contributed by atoms with E-state index in [9.17, 15) is 17.3 Å². The predicted octanol–water partition coefficient (Wildman–Crippen LogP) is 9.06. The normalized spacial score (nSPS) is 14.1. The molecule has 0 aliphatic carbocycles. The minimum atomic E-state index is -6.00. The summed E-state index contributed by atoms with van der Waals surface area (Å²) >= 11 is 0. The maximum absolute atomic E-state index is 9.75. The van der Waals surface area contributed by atoms with Crippen molar-refractivity contribution in [3.63, 3.8) is 0 Å². The van der Waals surface area contributed by atoms with Crippen molar-refractivity contribution in [1.82, 2.24) is 0 Å². The van der Waals surface area contributed by atoms with E-state index in [2.05, 4.69) is 69.2 Å². The lowest BCUT2D eigenvalue weighted by Crippen LogP contribution is -2.45. The van der Waals surface area contributed by atoms with Crippen LogP contribution < -0.4 is 0 Å². The van der Waals surface area contributed by atoms with E-state index in [-0.39, 0.29) is 0 Å². The van der Waals surface area contributed by atoms with Crippen molar-refractivity contribution in [1.29, 1.82) is 0 Å². The molecule has 0 atom stereocenters. The van der Waals surface area contributed by atoms with Gasteiger partial charge in [-0.15, -0.1) is 0 Å². The van der Waals surface area contributed by atoms with Crippen LogP contribution in [0.15, 0.2) is 0 Å². The van der Waals surface area contributed by atoms with Gasteiger partial charge in [0.25, 0.3) is 0 Å². The molecular weight excluding hydrogens is 358 g/mol. The van der Waals surface area contributed by atoms with Crippen molar-refractivity contribution in [3.8, 4) is 0 Å². The van der Waals surface area contributed by atoms with E-state index >= 15 is 0 Å². The molecule has 0 saturated heterocycles. The predicted molar refractivity (Wildman–Crippen MR) is 115 cm³/mol. The second-order valence-corrected chi connectivity index (χ2v) is 16.4. The van der Waals surface area contributed by atoms with Crippen LogP contribution in [0.1, 0.15) is 108 Å². The van der Waals surface area contributed by atoms with Gasteiger partial charge < -0.3 is 17.3 Å². The van der Waals surface area contributed by atoms with Crippen molar-refractivity contribution >= 4 is 14.5 Å². The van der Waals surface area contributed by atoms with Gasteiger partial charge in [0, 0.05) is 7.26 Å². The lowest BCUT2D eigenvalue weighted by atomic mass is 10.1. The van der Waals surface area contributed by atoms with Crippen molar-refractivity contribution in [2.75, 3.05) is 6.16 Å². The summed E-state index contributed by atoms with van der Waals surface area (Å²) < 4.78 is 39.0. The monoisotopic (exact) mass is 402 g/mol. The molecule has 0 fully saturated rings. The summed E-state index contributed by atoms with van der Waals surface area (Å²) in [7, 11) is -7.10. The van der Waals surface area contributed by atoms with Crippen LogP contribution in [0, 0.1) is 0 Å². The van der Waals surface area contributed by atoms with Gasteiger partial charge in [-0.05, 0) is 75.2 Å². The van der Waals surface area contributed by atoms with Gasteiger partial charge in [-0.2, -0.15) is 0 Å². The van der Waals surface area contributed by atoms with Crippen LogP contribution in [0.2, 0.25) is 0 Å². The first-order valence-electron chi connectivity index (χ1n) is 10.1. The van der Waals surface area contributed by atoms with Gasteiger partial charge in [0.1, 0.15) is 0 Å². The zero-order valence-electron chi connectivity index (χ0n) is 19.0. The summed E-state index contributed by atoms with van der Waals surface area (Å²) in [6.07, 6.45) is 9.97. The van der Waals surface area contributed by atoms with E-state index < -0.39 is 14.5 Å². The Hall–Kier alpha value is 0.215. The SMILES string of the molecule is CCCCCCCC[P+](C(C)(C)C)(C(C)(C)C)C(C)(C)C.F[B-](F)(F)F. The fourth-order valence-electron chi connectivity index (χ4n) is 5.15. The molecule has 0 unspecified atom stereocenters. The molecule has 0 radical (unpaired) electrons. The van der Waals surface area contributed by atoms with Crippen LogP contribution in [-0.4, -0.2) is 28.9 Å². The van der Waals surface area contributed by atoms with Crippen molar-refractivity contribution in [2.45, 2.75) is 123 Å². The molecular formula is C20H44BF4P. The number of rotatable bonds is 7. The molecule has 0 spiro atoms. The smallest absolute Gasteiger partial charge is 0.418 e. The second-order valence-electron chi connectivity index (χ2n) is 10.3. The van der Waals surface area contributed by atoms with E-state index in [4.69, 9.17) is 0 Å². The van der Waals surface area contributed by atoms with Crippen molar-refractivity contribution < 1.29 is 17.3 Å². The molecule has 0 bridgehead atoms. The Bertz CT molecular complexity index is 331. The minimum absolute atomic E-state index is 0.437. The highest BCUT2D eigenvalue weighted by Crippen LogP contribution is 2.83. The molecule has 0 amide bonds. The molecule has 0 nitrogen and oxygen atoms in total. The molecule has 0 saturated carbocycles. The fourth-order valence-corrected chi connectivity index (χ4v) is 13.9. The molecule has 160 valence electrons. The third-order valence-electron chi connectivity index (χ3n) is 5.28. The Morgan fingerprint density at radius 2 is 0.846 bits per heavy atom. The van der Waals surface area contributed by atoms with E-state index in [1.807, 2.05) is 0 Å². The van der Waals surface area contributed by atoms with E-state index in [0.717, 1.165) is 0 Å². The van der Waals surface area contributed by atoms with Gasteiger partial charge in [-0.1, -0.05) is 32.6 Å². The summed E-state index contributed by atoms with van der Waals surface area (Å²) in [6, 6.07) is 0. The Kier molecular flexibility index (Phi) is 11.7. The molecule has 6 heteroatoms. The summed E-state index contributed by atoms with van der Waals surface area (Å²) in [6.45, 7) is 24.9. The second kappa shape index (κ2) is 10.7. The van der Waals surface area contributed by atoms with Crippen LogP contribution in [0.25, 0.3) is 0 Å². The van der Waals surface area contributed by atoms with Gasteiger partial charge in [-0.3, -0.25) is 0 Å². The number of hydrogen-bond donors (Lipinski definition) is 0. The van der Waals surface area contributed by atoms with Gasteiger partial charge in [0.05, 0.1) is 21.6 Å². The van der Waals surface area contributed by atoms with E-state index in [1.54, 1.807) is 0 Å². The van der Waals surface area contributed by atoms with Crippen molar-refractivity contribution in [3.05, 3.63) is 0 Å². The minimum Gasteiger partial charge on any atom is -0.418 e. The van der Waals surface area contributed by atoms with Crippen LogP contribution in [0.5, 0.6) is 0 Å². The molecule has 0 aromatic rings. The zero-order valence-corrected chi connectivity index (χ0v) is 19.9. The van der Waals surface area contributed by atoms with Crippen LogP contribution in [0.3, 0.4) is 0 Å². The molecule has 0 heterocycles. The molecule has 0 aliphatic heterocycles. The third kappa shape index (κ3) is 9.95. The summed E-state index contributed by atoms with van der Waals surface area (Å²) in [4.78, 5) is 0. The number of unbranched alkanes of at least 4 members (excludes halogenated alkanes) is 5. The van der Waals surface area contributed by atoms with Gasteiger partial charge >= 0.3 is 7.25 Å². The van der Waals surface area contributed by atoms with Crippen LogP contribution >= 0.6 is 7.26 Å². The largest absolute Gasteiger partial charge is 0.673 e. The standard InChI is InChI=1S/C20H44P.BF4/c1-11-12-13-14-15-16-17-21(18(2,3)4,19(5,6)7)20(8,9)10;2-1(3,4)5/h11-17H2,1-10H3;/q+1;-1. The summed E-state index contributed by atoms with van der Waals surface area (Å²) in [5.41, 5.74) is 0. The Labute approximate surface area is 161 Å². The highest BCUT2D eigenvalue weighted by molar-refractivity contribution is 7.80. The number of hydrogen-bond acceptors (Lipinski definition) is 0. The Morgan fingerprint density at radius 3 is 1.12 bits per heavy atom.